The molecule has 3 aliphatic rings. The molecule has 0 aliphatic heterocycles. The molecule has 8 aromatic carbocycles. The lowest BCUT2D eigenvalue weighted by atomic mass is 9.80. The van der Waals surface area contributed by atoms with E-state index in [4.69, 9.17) is 4.74 Å². The minimum Gasteiger partial charge on any atom is -0.504 e. The third kappa shape index (κ3) is 5.17. The second-order valence-corrected chi connectivity index (χ2v) is 18.5. The molecule has 0 unspecified atom stereocenters. The third-order valence-electron chi connectivity index (χ3n) is 14.2. The first-order valence-corrected chi connectivity index (χ1v) is 21.0. The smallest absolute Gasteiger partial charge is 0.0830 e. The van der Waals surface area contributed by atoms with Crippen molar-refractivity contribution < 1.29 is 4.74 Å². The third-order valence-corrected chi connectivity index (χ3v) is 14.2. The van der Waals surface area contributed by atoms with Crippen LogP contribution >= 0.6 is 0 Å². The molecule has 11 rings (SSSR count). The largest absolute Gasteiger partial charge is 0.504 e. The van der Waals surface area contributed by atoms with Crippen LogP contribution in [0.5, 0.6) is 0 Å². The Hall–Kier alpha value is -6.44. The van der Waals surface area contributed by atoms with Gasteiger partial charge in [-0.1, -0.05) is 151 Å². The minimum atomic E-state index is -0.139. The van der Waals surface area contributed by atoms with Crippen LogP contribution in [-0.4, -0.2) is 7.11 Å². The van der Waals surface area contributed by atoms with E-state index in [1.165, 1.54) is 111 Å². The van der Waals surface area contributed by atoms with Crippen LogP contribution in [-0.2, 0) is 21.0 Å². The molecular weight excluding hydrogens is 713 g/mol. The van der Waals surface area contributed by atoms with Gasteiger partial charge in [-0.15, -0.1) is 0 Å². The van der Waals surface area contributed by atoms with Crippen molar-refractivity contribution in [3.63, 3.8) is 0 Å². The van der Waals surface area contributed by atoms with Crippen molar-refractivity contribution >= 4 is 16.8 Å². The number of rotatable bonds is 5. The van der Waals surface area contributed by atoms with Crippen molar-refractivity contribution in [1.29, 1.82) is 0 Å². The Balaban J connectivity index is 0.951. The van der Waals surface area contributed by atoms with Gasteiger partial charge in [-0.05, 0) is 165 Å². The van der Waals surface area contributed by atoms with Crippen LogP contribution in [0.2, 0.25) is 0 Å². The van der Waals surface area contributed by atoms with Crippen molar-refractivity contribution in [1.82, 2.24) is 0 Å². The normalized spacial score (nSPS) is 15.7. The molecular formula is C58H48O. The van der Waals surface area contributed by atoms with E-state index in [-0.39, 0.29) is 16.2 Å². The monoisotopic (exact) mass is 760 g/mol. The summed E-state index contributed by atoms with van der Waals surface area (Å²) in [5, 5.41) is 2.47. The number of hydrogen-bond donors (Lipinski definition) is 0. The molecule has 1 heteroatoms. The topological polar surface area (TPSA) is 9.23 Å². The van der Waals surface area contributed by atoms with Gasteiger partial charge in [0.05, 0.1) is 13.4 Å². The van der Waals surface area contributed by atoms with Crippen molar-refractivity contribution in [3.8, 4) is 66.8 Å². The van der Waals surface area contributed by atoms with Crippen LogP contribution in [0, 0.1) is 0 Å². The Morgan fingerprint density at radius 3 is 1.29 bits per heavy atom. The maximum atomic E-state index is 5.45. The molecule has 0 heterocycles. The summed E-state index contributed by atoms with van der Waals surface area (Å²) in [6.45, 7) is 14.2. The molecule has 0 fully saturated rings. The number of fused-ring (bicyclic) bond motifs is 10. The first-order chi connectivity index (χ1) is 28.4. The molecule has 0 radical (unpaired) electrons. The second kappa shape index (κ2) is 12.5. The highest BCUT2D eigenvalue weighted by atomic mass is 16.5. The Morgan fingerprint density at radius 2 is 0.746 bits per heavy atom. The van der Waals surface area contributed by atoms with E-state index in [1.54, 1.807) is 13.4 Å². The zero-order valence-electron chi connectivity index (χ0n) is 35.0. The summed E-state index contributed by atoms with van der Waals surface area (Å²) in [6.07, 6.45) is 3.90. The summed E-state index contributed by atoms with van der Waals surface area (Å²) in [5.74, 6) is 0. The summed E-state index contributed by atoms with van der Waals surface area (Å²) < 4.78 is 5.45. The lowest BCUT2D eigenvalue weighted by Crippen LogP contribution is -2.15. The number of ether oxygens (including phenoxy) is 1. The molecule has 1 nitrogen and oxygen atoms in total. The van der Waals surface area contributed by atoms with E-state index in [1.807, 2.05) is 0 Å². The van der Waals surface area contributed by atoms with Gasteiger partial charge in [0.2, 0.25) is 0 Å². The highest BCUT2D eigenvalue weighted by Crippen LogP contribution is 2.54. The van der Waals surface area contributed by atoms with Crippen LogP contribution in [0.4, 0.5) is 0 Å². The van der Waals surface area contributed by atoms with Crippen LogP contribution < -0.4 is 0 Å². The average Bonchev–Trinajstić information content (AvgIpc) is 3.73. The van der Waals surface area contributed by atoms with Gasteiger partial charge in [0.25, 0.3) is 0 Å². The fraction of sp³-hybridized carbons (Fsp3) is 0.172. The summed E-state index contributed by atoms with van der Waals surface area (Å²) in [4.78, 5) is 0. The SMILES string of the molecule is CO/C=C/c1cc2c(cc1-c1ccc3ccc(-c4ccc5c(c4)C(C)(C)c4cc(-c6ccc7c(c6)C(C)(C)c6ccccc6-7)ccc4-5)cc3c1)-c1ccccc1C2(C)C. The van der Waals surface area contributed by atoms with Crippen molar-refractivity contribution in [2.24, 2.45) is 0 Å². The zero-order chi connectivity index (χ0) is 40.4. The Bertz CT molecular complexity index is 3110. The van der Waals surface area contributed by atoms with E-state index in [0.717, 1.165) is 5.56 Å². The summed E-state index contributed by atoms with van der Waals surface area (Å²) in [7, 11) is 1.71. The van der Waals surface area contributed by atoms with Gasteiger partial charge in [0, 0.05) is 16.2 Å². The molecule has 3 aliphatic carbocycles. The van der Waals surface area contributed by atoms with Gasteiger partial charge in [-0.3, -0.25) is 0 Å². The molecule has 0 N–H and O–H groups in total. The van der Waals surface area contributed by atoms with Crippen LogP contribution in [0.15, 0.2) is 158 Å². The van der Waals surface area contributed by atoms with E-state index >= 15 is 0 Å². The van der Waals surface area contributed by atoms with E-state index in [0.29, 0.717) is 0 Å². The summed E-state index contributed by atoms with van der Waals surface area (Å²) >= 11 is 0. The van der Waals surface area contributed by atoms with Gasteiger partial charge >= 0.3 is 0 Å². The molecule has 0 aromatic heterocycles. The van der Waals surface area contributed by atoms with E-state index < -0.39 is 0 Å². The molecule has 8 aromatic rings. The predicted octanol–water partition coefficient (Wildman–Crippen LogP) is 15.4. The predicted molar refractivity (Wildman–Crippen MR) is 249 cm³/mol. The molecule has 59 heavy (non-hydrogen) atoms. The van der Waals surface area contributed by atoms with Gasteiger partial charge in [0.15, 0.2) is 0 Å². The van der Waals surface area contributed by atoms with Crippen molar-refractivity contribution in [2.45, 2.75) is 57.8 Å². The first kappa shape index (κ1) is 35.7. The first-order valence-electron chi connectivity index (χ1n) is 21.0. The molecule has 0 atom stereocenters. The van der Waals surface area contributed by atoms with E-state index in [9.17, 15) is 0 Å². The molecule has 0 bridgehead atoms. The quantitative estimate of drug-likeness (QED) is 0.159. The number of hydrogen-bond acceptors (Lipinski definition) is 1. The molecule has 0 spiro atoms. The maximum Gasteiger partial charge on any atom is 0.0830 e. The van der Waals surface area contributed by atoms with Crippen molar-refractivity contribution in [2.75, 3.05) is 7.11 Å². The fourth-order valence-corrected chi connectivity index (χ4v) is 10.9. The highest BCUT2D eigenvalue weighted by molar-refractivity contribution is 5.95. The Labute approximate surface area is 348 Å². The number of benzene rings is 8. The standard InChI is InChI=1S/C58H48O/c1-56(2)50-14-10-8-12-43(50)45-23-21-38(31-52(45)56)39-22-25-47-46-24-20-37(30-53(46)58(5,6)54(47)32-39)36-18-16-35-17-19-40(29-42(35)28-36)48-34-49-44-13-9-11-15-51(44)57(3,4)55(49)33-41(48)26-27-59-7/h8-34H,1-7H3/b27-26+. The molecule has 0 saturated heterocycles. The van der Waals surface area contributed by atoms with Gasteiger partial charge in [-0.2, -0.15) is 0 Å². The average molecular weight is 761 g/mol. The lowest BCUT2D eigenvalue weighted by Gasteiger charge is -2.23. The molecule has 286 valence electrons. The number of methoxy groups -OCH3 is 1. The summed E-state index contributed by atoms with van der Waals surface area (Å²) in [5.41, 5.74) is 24.8. The van der Waals surface area contributed by atoms with E-state index in [2.05, 4.69) is 199 Å². The lowest BCUT2D eigenvalue weighted by molar-refractivity contribution is 0.341. The fourth-order valence-electron chi connectivity index (χ4n) is 10.9. The van der Waals surface area contributed by atoms with Crippen molar-refractivity contribution in [3.05, 3.63) is 197 Å². The highest BCUT2D eigenvalue weighted by Gasteiger charge is 2.38. The van der Waals surface area contributed by atoms with Gasteiger partial charge in [0.1, 0.15) is 0 Å². The Kier molecular flexibility index (Phi) is 7.58. The maximum absolute atomic E-state index is 5.45. The molecule has 0 amide bonds. The molecule has 0 saturated carbocycles. The minimum absolute atomic E-state index is 0.0226. The zero-order valence-corrected chi connectivity index (χ0v) is 35.0. The second-order valence-electron chi connectivity index (χ2n) is 18.5. The van der Waals surface area contributed by atoms with Crippen LogP contribution in [0.25, 0.3) is 83.6 Å². The van der Waals surface area contributed by atoms with Crippen LogP contribution in [0.3, 0.4) is 0 Å². The summed E-state index contributed by atoms with van der Waals surface area (Å²) in [6, 6.07) is 57.7. The Morgan fingerprint density at radius 1 is 0.339 bits per heavy atom. The van der Waals surface area contributed by atoms with Gasteiger partial charge in [-0.25, -0.2) is 0 Å². The van der Waals surface area contributed by atoms with Crippen LogP contribution in [0.1, 0.15) is 80.5 Å². The van der Waals surface area contributed by atoms with Gasteiger partial charge < -0.3 is 4.74 Å².